The van der Waals surface area contributed by atoms with E-state index in [0.717, 1.165) is 0 Å². The number of benzene rings is 2. The molecule has 0 fully saturated rings. The molecular formula is C23H23ClN4O5. The van der Waals surface area contributed by atoms with Gasteiger partial charge < -0.3 is 19.7 Å². The Morgan fingerprint density at radius 1 is 1.09 bits per heavy atom. The molecule has 0 aliphatic heterocycles. The average molecular weight is 471 g/mol. The van der Waals surface area contributed by atoms with E-state index < -0.39 is 24.4 Å². The largest absolute Gasteiger partial charge is 0.480 e. The predicted octanol–water partition coefficient (Wildman–Crippen LogP) is 3.18. The third-order valence-electron chi connectivity index (χ3n) is 4.48. The van der Waals surface area contributed by atoms with Crippen molar-refractivity contribution in [2.24, 2.45) is 0 Å². The number of hydrogen-bond acceptors (Lipinski definition) is 6. The first-order valence-electron chi connectivity index (χ1n) is 10.1. The molecular weight excluding hydrogens is 448 g/mol. The number of anilines is 1. The number of carbonyl (C=O) groups excluding carboxylic acids is 3. The van der Waals surface area contributed by atoms with Gasteiger partial charge in [-0.15, -0.1) is 0 Å². The molecule has 3 aromatic rings. The van der Waals surface area contributed by atoms with E-state index >= 15 is 0 Å². The fraction of sp³-hybridized carbons (Fsp3) is 0.217. The summed E-state index contributed by atoms with van der Waals surface area (Å²) in [6.45, 7) is 1.24. The zero-order valence-corrected chi connectivity index (χ0v) is 18.9. The molecule has 0 spiro atoms. The SMILES string of the molecule is CCOC(=O)c1nn(-c2ccccc2)cc1OCC(=O)N(C)CC(=O)Nc1ccccc1Cl. The Bertz CT molecular complexity index is 1130. The first-order chi connectivity index (χ1) is 15.9. The van der Waals surface area contributed by atoms with Crippen LogP contribution in [-0.4, -0.2) is 59.3 Å². The Kier molecular flexibility index (Phi) is 8.04. The standard InChI is InChI=1S/C23H23ClN4O5/c1-3-32-23(31)22-19(13-28(26-22)16-9-5-4-6-10-16)33-15-21(30)27(2)14-20(29)25-18-12-8-7-11-17(18)24/h4-13H,3,14-15H2,1-2H3,(H,25,29). The van der Waals surface area contributed by atoms with Gasteiger partial charge >= 0.3 is 5.97 Å². The van der Waals surface area contributed by atoms with Gasteiger partial charge in [-0.25, -0.2) is 9.48 Å². The van der Waals surface area contributed by atoms with Crippen molar-refractivity contribution in [1.82, 2.24) is 14.7 Å². The minimum Gasteiger partial charge on any atom is -0.480 e. The lowest BCUT2D eigenvalue weighted by Gasteiger charge is -2.17. The molecule has 33 heavy (non-hydrogen) atoms. The van der Waals surface area contributed by atoms with Gasteiger partial charge in [-0.05, 0) is 31.2 Å². The van der Waals surface area contributed by atoms with Gasteiger partial charge in [0.15, 0.2) is 12.4 Å². The summed E-state index contributed by atoms with van der Waals surface area (Å²) in [6.07, 6.45) is 1.50. The number of nitrogens with zero attached hydrogens (tertiary/aromatic N) is 3. The minimum absolute atomic E-state index is 0.0485. The minimum atomic E-state index is -0.665. The highest BCUT2D eigenvalue weighted by Gasteiger charge is 2.22. The maximum atomic E-state index is 12.5. The van der Waals surface area contributed by atoms with Gasteiger partial charge in [0.05, 0.1) is 35.7 Å². The molecule has 1 heterocycles. The van der Waals surface area contributed by atoms with Crippen molar-refractivity contribution in [3.8, 4) is 11.4 Å². The van der Waals surface area contributed by atoms with Crippen molar-refractivity contribution in [1.29, 1.82) is 0 Å². The topological polar surface area (TPSA) is 103 Å². The molecule has 0 atom stereocenters. The van der Waals surface area contributed by atoms with Crippen LogP contribution in [0, 0.1) is 0 Å². The molecule has 10 heteroatoms. The summed E-state index contributed by atoms with van der Waals surface area (Å²) in [6, 6.07) is 15.9. The lowest BCUT2D eigenvalue weighted by Crippen LogP contribution is -2.37. The predicted molar refractivity (Wildman–Crippen MR) is 123 cm³/mol. The Hall–Kier alpha value is -3.85. The van der Waals surface area contributed by atoms with Crippen molar-refractivity contribution in [3.05, 3.63) is 71.5 Å². The Morgan fingerprint density at radius 3 is 2.48 bits per heavy atom. The monoisotopic (exact) mass is 470 g/mol. The number of para-hydroxylation sites is 2. The van der Waals surface area contributed by atoms with Gasteiger partial charge in [0, 0.05) is 7.05 Å². The van der Waals surface area contributed by atoms with Crippen LogP contribution in [0.5, 0.6) is 5.75 Å². The van der Waals surface area contributed by atoms with Crippen LogP contribution in [0.15, 0.2) is 60.8 Å². The van der Waals surface area contributed by atoms with Crippen molar-refractivity contribution >= 4 is 35.1 Å². The van der Waals surface area contributed by atoms with E-state index in [9.17, 15) is 14.4 Å². The molecule has 1 N–H and O–H groups in total. The summed E-state index contributed by atoms with van der Waals surface area (Å²) in [5.74, 6) is -1.45. The van der Waals surface area contributed by atoms with Crippen LogP contribution in [0.4, 0.5) is 5.69 Å². The number of ether oxygens (including phenoxy) is 2. The lowest BCUT2D eigenvalue weighted by molar-refractivity contribution is -0.135. The molecule has 1 aromatic heterocycles. The Morgan fingerprint density at radius 2 is 1.79 bits per heavy atom. The average Bonchev–Trinajstić information content (AvgIpc) is 3.24. The van der Waals surface area contributed by atoms with E-state index in [2.05, 4.69) is 10.4 Å². The molecule has 2 amide bonds. The summed E-state index contributed by atoms with van der Waals surface area (Å²) in [7, 11) is 1.47. The van der Waals surface area contributed by atoms with E-state index in [4.69, 9.17) is 21.1 Å². The maximum Gasteiger partial charge on any atom is 0.362 e. The Labute approximate surface area is 195 Å². The van der Waals surface area contributed by atoms with Crippen LogP contribution in [0.3, 0.4) is 0 Å². The Balaban J connectivity index is 1.64. The summed E-state index contributed by atoms with van der Waals surface area (Å²) >= 11 is 6.03. The third-order valence-corrected chi connectivity index (χ3v) is 4.81. The van der Waals surface area contributed by atoms with Crippen LogP contribution < -0.4 is 10.1 Å². The lowest BCUT2D eigenvalue weighted by atomic mass is 10.3. The second-order valence-electron chi connectivity index (χ2n) is 6.91. The van der Waals surface area contributed by atoms with E-state index in [1.807, 2.05) is 30.3 Å². The number of rotatable bonds is 9. The molecule has 0 bridgehead atoms. The molecule has 0 saturated heterocycles. The van der Waals surface area contributed by atoms with E-state index in [0.29, 0.717) is 16.4 Å². The first-order valence-corrected chi connectivity index (χ1v) is 10.5. The zero-order chi connectivity index (χ0) is 23.8. The van der Waals surface area contributed by atoms with Gasteiger partial charge in [-0.3, -0.25) is 9.59 Å². The third kappa shape index (κ3) is 6.33. The molecule has 9 nitrogen and oxygen atoms in total. The molecule has 0 saturated carbocycles. The number of aromatic nitrogens is 2. The summed E-state index contributed by atoms with van der Waals surface area (Å²) in [4.78, 5) is 38.3. The molecule has 0 unspecified atom stereocenters. The molecule has 0 aliphatic rings. The highest BCUT2D eigenvalue weighted by Crippen LogP contribution is 2.22. The quantitative estimate of drug-likeness (QED) is 0.482. The highest BCUT2D eigenvalue weighted by molar-refractivity contribution is 6.33. The molecule has 172 valence electrons. The zero-order valence-electron chi connectivity index (χ0n) is 18.2. The second-order valence-corrected chi connectivity index (χ2v) is 7.32. The van der Waals surface area contributed by atoms with Crippen molar-refractivity contribution in [2.45, 2.75) is 6.92 Å². The van der Waals surface area contributed by atoms with Gasteiger partial charge in [0.25, 0.3) is 5.91 Å². The normalized spacial score (nSPS) is 10.4. The van der Waals surface area contributed by atoms with Crippen LogP contribution in [0.1, 0.15) is 17.4 Å². The highest BCUT2D eigenvalue weighted by atomic mass is 35.5. The number of nitrogens with one attached hydrogen (secondary N) is 1. The van der Waals surface area contributed by atoms with Gasteiger partial charge in [-0.2, -0.15) is 5.10 Å². The number of carbonyl (C=O) groups is 3. The number of esters is 1. The summed E-state index contributed by atoms with van der Waals surface area (Å²) in [5.41, 5.74) is 1.11. The second kappa shape index (κ2) is 11.1. The van der Waals surface area contributed by atoms with Crippen LogP contribution in [0.25, 0.3) is 5.69 Å². The van der Waals surface area contributed by atoms with Crippen molar-refractivity contribution in [2.75, 3.05) is 32.1 Å². The molecule has 2 aromatic carbocycles. The van der Waals surface area contributed by atoms with E-state index in [1.54, 1.807) is 31.2 Å². The van der Waals surface area contributed by atoms with E-state index in [1.165, 1.54) is 22.8 Å². The van der Waals surface area contributed by atoms with Crippen molar-refractivity contribution in [3.63, 3.8) is 0 Å². The summed E-state index contributed by atoms with van der Waals surface area (Å²) < 4.78 is 12.1. The first kappa shape index (κ1) is 23.8. The number of halogens is 1. The molecule has 3 rings (SSSR count). The smallest absolute Gasteiger partial charge is 0.362 e. The van der Waals surface area contributed by atoms with Crippen molar-refractivity contribution < 1.29 is 23.9 Å². The maximum absolute atomic E-state index is 12.5. The van der Waals surface area contributed by atoms with Gasteiger partial charge in [-0.1, -0.05) is 41.9 Å². The summed E-state index contributed by atoms with van der Waals surface area (Å²) in [5, 5.41) is 7.28. The fourth-order valence-corrected chi connectivity index (χ4v) is 3.01. The van der Waals surface area contributed by atoms with Crippen LogP contribution in [0.2, 0.25) is 5.02 Å². The molecule has 0 aliphatic carbocycles. The number of amides is 2. The van der Waals surface area contributed by atoms with Gasteiger partial charge in [0.2, 0.25) is 11.6 Å². The van der Waals surface area contributed by atoms with E-state index in [-0.39, 0.29) is 24.6 Å². The fourth-order valence-electron chi connectivity index (χ4n) is 2.82. The van der Waals surface area contributed by atoms with Crippen LogP contribution in [-0.2, 0) is 14.3 Å². The number of likely N-dealkylation sites (N-methyl/N-ethyl adjacent to an activating group) is 1. The molecule has 0 radical (unpaired) electrons. The van der Waals surface area contributed by atoms with Crippen LogP contribution >= 0.6 is 11.6 Å². The number of hydrogen-bond donors (Lipinski definition) is 1. The van der Waals surface area contributed by atoms with Gasteiger partial charge in [0.1, 0.15) is 0 Å².